The van der Waals surface area contributed by atoms with Crippen LogP contribution >= 0.6 is 11.3 Å². The van der Waals surface area contributed by atoms with E-state index in [2.05, 4.69) is 25.6 Å². The summed E-state index contributed by atoms with van der Waals surface area (Å²) in [6.45, 7) is 5.46. The maximum atomic E-state index is 5.91. The molecule has 3 rings (SSSR count). The van der Waals surface area contributed by atoms with Crippen molar-refractivity contribution in [2.45, 2.75) is 58.7 Å². The number of aryl methyl sites for hydroxylation is 2. The van der Waals surface area contributed by atoms with Gasteiger partial charge in [0.15, 0.2) is 5.96 Å². The van der Waals surface area contributed by atoms with Crippen molar-refractivity contribution in [3.63, 3.8) is 0 Å². The lowest BCUT2D eigenvalue weighted by Gasteiger charge is -2.13. The number of aromatic nitrogens is 2. The SMILES string of the molecule is CN=C(NCc1ccc(OC2CCCC2)nc1)NCc1sc(C)nc1C. The molecule has 0 unspecified atom stereocenters. The Labute approximate surface area is 159 Å². The Morgan fingerprint density at radius 1 is 1.23 bits per heavy atom. The summed E-state index contributed by atoms with van der Waals surface area (Å²) in [5.74, 6) is 1.49. The lowest BCUT2D eigenvalue weighted by Crippen LogP contribution is -2.36. The van der Waals surface area contributed by atoms with Gasteiger partial charge in [-0.15, -0.1) is 11.3 Å². The molecule has 2 aromatic rings. The molecule has 0 amide bonds. The average Bonchev–Trinajstić information content (AvgIpc) is 3.25. The zero-order valence-corrected chi connectivity index (χ0v) is 16.5. The minimum atomic E-state index is 0.341. The second-order valence-corrected chi connectivity index (χ2v) is 7.84. The molecule has 140 valence electrons. The fourth-order valence-corrected chi connectivity index (χ4v) is 3.95. The minimum absolute atomic E-state index is 0.341. The van der Waals surface area contributed by atoms with E-state index in [-0.39, 0.29) is 0 Å². The molecule has 7 heteroatoms. The Kier molecular flexibility index (Phi) is 6.44. The molecule has 0 radical (unpaired) electrons. The van der Waals surface area contributed by atoms with Crippen LogP contribution in [0.25, 0.3) is 0 Å². The van der Waals surface area contributed by atoms with E-state index in [0.29, 0.717) is 12.6 Å². The molecular weight excluding hydrogens is 346 g/mol. The van der Waals surface area contributed by atoms with Crippen LogP contribution in [0.15, 0.2) is 23.3 Å². The maximum Gasteiger partial charge on any atom is 0.213 e. The molecule has 1 saturated carbocycles. The van der Waals surface area contributed by atoms with Crippen LogP contribution in [0.3, 0.4) is 0 Å². The number of pyridine rings is 1. The molecule has 2 N–H and O–H groups in total. The Morgan fingerprint density at radius 2 is 2.00 bits per heavy atom. The molecule has 1 aliphatic carbocycles. The molecular formula is C19H27N5OS. The zero-order valence-electron chi connectivity index (χ0n) is 15.7. The monoisotopic (exact) mass is 373 g/mol. The van der Waals surface area contributed by atoms with Gasteiger partial charge >= 0.3 is 0 Å². The second kappa shape index (κ2) is 8.98. The van der Waals surface area contributed by atoms with Gasteiger partial charge < -0.3 is 15.4 Å². The third-order valence-corrected chi connectivity index (χ3v) is 5.56. The fraction of sp³-hybridized carbons (Fsp3) is 0.526. The van der Waals surface area contributed by atoms with Crippen molar-refractivity contribution in [2.75, 3.05) is 7.05 Å². The van der Waals surface area contributed by atoms with Gasteiger partial charge in [-0.2, -0.15) is 0 Å². The number of nitrogens with zero attached hydrogens (tertiary/aromatic N) is 3. The molecule has 0 atom stereocenters. The predicted molar refractivity (Wildman–Crippen MR) is 106 cm³/mol. The van der Waals surface area contributed by atoms with E-state index in [1.165, 1.54) is 17.7 Å². The van der Waals surface area contributed by atoms with E-state index >= 15 is 0 Å². The molecule has 1 aliphatic rings. The minimum Gasteiger partial charge on any atom is -0.474 e. The first-order valence-corrected chi connectivity index (χ1v) is 9.94. The van der Waals surface area contributed by atoms with E-state index < -0.39 is 0 Å². The van der Waals surface area contributed by atoms with Gasteiger partial charge in [0.2, 0.25) is 5.88 Å². The number of hydrogen-bond acceptors (Lipinski definition) is 5. The summed E-state index contributed by atoms with van der Waals surface area (Å²) in [5.41, 5.74) is 2.18. The third kappa shape index (κ3) is 5.17. The first kappa shape index (κ1) is 18.6. The van der Waals surface area contributed by atoms with E-state index in [0.717, 1.165) is 47.5 Å². The fourth-order valence-electron chi connectivity index (χ4n) is 3.07. The third-order valence-electron chi connectivity index (χ3n) is 4.49. The summed E-state index contributed by atoms with van der Waals surface area (Å²) in [5, 5.41) is 7.74. The highest BCUT2D eigenvalue weighted by Crippen LogP contribution is 2.22. The van der Waals surface area contributed by atoms with Gasteiger partial charge in [-0.25, -0.2) is 9.97 Å². The molecule has 2 heterocycles. The highest BCUT2D eigenvalue weighted by Gasteiger charge is 2.16. The second-order valence-electron chi connectivity index (χ2n) is 6.55. The van der Waals surface area contributed by atoms with E-state index in [4.69, 9.17) is 4.74 Å². The molecule has 0 aliphatic heterocycles. The highest BCUT2D eigenvalue weighted by molar-refractivity contribution is 7.11. The summed E-state index contributed by atoms with van der Waals surface area (Å²) in [7, 11) is 1.77. The number of nitrogens with one attached hydrogen (secondary N) is 2. The molecule has 0 saturated heterocycles. The molecule has 26 heavy (non-hydrogen) atoms. The van der Waals surface area contributed by atoms with Gasteiger partial charge in [0, 0.05) is 30.7 Å². The molecule has 0 spiro atoms. The molecule has 0 aromatic carbocycles. The van der Waals surface area contributed by atoms with E-state index in [1.54, 1.807) is 18.4 Å². The van der Waals surface area contributed by atoms with Crippen LogP contribution < -0.4 is 15.4 Å². The van der Waals surface area contributed by atoms with Crippen LogP contribution in [0, 0.1) is 13.8 Å². The zero-order chi connectivity index (χ0) is 18.4. The van der Waals surface area contributed by atoms with Gasteiger partial charge in [-0.1, -0.05) is 6.07 Å². The van der Waals surface area contributed by atoms with Crippen LogP contribution in [0.2, 0.25) is 0 Å². The van der Waals surface area contributed by atoms with Crippen LogP contribution in [0.1, 0.15) is 46.8 Å². The topological polar surface area (TPSA) is 71.4 Å². The average molecular weight is 374 g/mol. The van der Waals surface area contributed by atoms with E-state index in [1.807, 2.05) is 32.2 Å². The number of rotatable bonds is 6. The van der Waals surface area contributed by atoms with Crippen molar-refractivity contribution in [3.8, 4) is 5.88 Å². The lowest BCUT2D eigenvalue weighted by molar-refractivity contribution is 0.201. The normalized spacial score (nSPS) is 15.3. The largest absolute Gasteiger partial charge is 0.474 e. The van der Waals surface area contributed by atoms with Gasteiger partial charge in [0.05, 0.1) is 17.2 Å². The molecule has 0 bridgehead atoms. The van der Waals surface area contributed by atoms with E-state index in [9.17, 15) is 0 Å². The summed E-state index contributed by atoms with van der Waals surface area (Å²) < 4.78 is 5.91. The van der Waals surface area contributed by atoms with Crippen molar-refractivity contribution in [1.82, 2.24) is 20.6 Å². The summed E-state index contributed by atoms with van der Waals surface area (Å²) >= 11 is 1.72. The number of ether oxygens (including phenoxy) is 1. The van der Waals surface area contributed by atoms with Crippen molar-refractivity contribution < 1.29 is 4.74 Å². The molecule has 2 aromatic heterocycles. The Morgan fingerprint density at radius 3 is 2.62 bits per heavy atom. The smallest absolute Gasteiger partial charge is 0.213 e. The van der Waals surface area contributed by atoms with Crippen molar-refractivity contribution in [1.29, 1.82) is 0 Å². The molecule has 1 fully saturated rings. The summed E-state index contributed by atoms with van der Waals surface area (Å²) in [6.07, 6.45) is 7.02. The first-order valence-electron chi connectivity index (χ1n) is 9.13. The summed E-state index contributed by atoms with van der Waals surface area (Å²) in [4.78, 5) is 14.4. The van der Waals surface area contributed by atoms with Crippen molar-refractivity contribution in [3.05, 3.63) is 39.5 Å². The number of hydrogen-bond donors (Lipinski definition) is 2. The predicted octanol–water partition coefficient (Wildman–Crippen LogP) is 3.34. The standard InChI is InChI=1S/C19H27N5OS/c1-13-17(26-14(2)24-13)12-23-19(20-3)22-11-15-8-9-18(21-10-15)25-16-6-4-5-7-16/h8-10,16H,4-7,11-12H2,1-3H3,(H2,20,22,23). The van der Waals surface area contributed by atoms with Gasteiger partial charge in [-0.05, 0) is 45.1 Å². The van der Waals surface area contributed by atoms with Crippen molar-refractivity contribution >= 4 is 17.3 Å². The van der Waals surface area contributed by atoms with Crippen LogP contribution in [-0.4, -0.2) is 29.1 Å². The van der Waals surface area contributed by atoms with Crippen LogP contribution in [0.4, 0.5) is 0 Å². The Hall–Kier alpha value is -2.15. The first-order chi connectivity index (χ1) is 12.6. The van der Waals surface area contributed by atoms with Crippen LogP contribution in [-0.2, 0) is 13.1 Å². The lowest BCUT2D eigenvalue weighted by atomic mass is 10.3. The number of aliphatic imine (C=N–C) groups is 1. The number of guanidine groups is 1. The number of thiazole rings is 1. The maximum absolute atomic E-state index is 5.91. The van der Waals surface area contributed by atoms with Crippen LogP contribution in [0.5, 0.6) is 5.88 Å². The van der Waals surface area contributed by atoms with Crippen molar-refractivity contribution in [2.24, 2.45) is 4.99 Å². The Balaban J connectivity index is 1.46. The quantitative estimate of drug-likeness (QED) is 0.600. The molecule has 6 nitrogen and oxygen atoms in total. The van der Waals surface area contributed by atoms with Gasteiger partial charge in [-0.3, -0.25) is 4.99 Å². The van der Waals surface area contributed by atoms with Gasteiger partial charge in [0.1, 0.15) is 6.10 Å². The summed E-state index contributed by atoms with van der Waals surface area (Å²) in [6, 6.07) is 4.00. The highest BCUT2D eigenvalue weighted by atomic mass is 32.1. The Bertz CT molecular complexity index is 735. The van der Waals surface area contributed by atoms with Gasteiger partial charge in [0.25, 0.3) is 0 Å².